The van der Waals surface area contributed by atoms with Crippen molar-refractivity contribution in [2.75, 3.05) is 6.54 Å². The third-order valence-electron chi connectivity index (χ3n) is 3.64. The molecule has 1 N–H and O–H groups in total. The summed E-state index contributed by atoms with van der Waals surface area (Å²) in [6.07, 6.45) is 6.84. The second kappa shape index (κ2) is 9.39. The Morgan fingerprint density at radius 1 is 1.10 bits per heavy atom. The molecule has 116 valence electrons. The van der Waals surface area contributed by atoms with Crippen molar-refractivity contribution in [2.24, 2.45) is 5.92 Å². The molecule has 2 aromatic heterocycles. The number of unbranched alkanes of at least 4 members (excludes halogenated alkanes) is 3. The molecule has 2 heterocycles. The van der Waals surface area contributed by atoms with Gasteiger partial charge in [-0.2, -0.15) is 0 Å². The van der Waals surface area contributed by atoms with Gasteiger partial charge >= 0.3 is 0 Å². The van der Waals surface area contributed by atoms with E-state index in [-0.39, 0.29) is 0 Å². The molecule has 0 aliphatic carbocycles. The number of rotatable bonds is 10. The van der Waals surface area contributed by atoms with Crippen LogP contribution in [0.3, 0.4) is 0 Å². The number of hydrogen-bond acceptors (Lipinski definition) is 3. The summed E-state index contributed by atoms with van der Waals surface area (Å²) in [7, 11) is 0. The second-order valence-electron chi connectivity index (χ2n) is 6.05. The van der Waals surface area contributed by atoms with Crippen molar-refractivity contribution in [3.63, 3.8) is 0 Å². The van der Waals surface area contributed by atoms with Gasteiger partial charge in [-0.3, -0.25) is 0 Å². The molecular formula is C18H27NS2. The number of thiophene rings is 2. The van der Waals surface area contributed by atoms with E-state index in [4.69, 9.17) is 0 Å². The Bertz CT molecular complexity index is 485. The van der Waals surface area contributed by atoms with Gasteiger partial charge in [-0.25, -0.2) is 0 Å². The zero-order valence-corrected chi connectivity index (χ0v) is 14.9. The summed E-state index contributed by atoms with van der Waals surface area (Å²) < 4.78 is 0. The summed E-state index contributed by atoms with van der Waals surface area (Å²) in [5.74, 6) is 0.861. The Hall–Kier alpha value is -0.640. The second-order valence-corrected chi connectivity index (χ2v) is 8.00. The fourth-order valence-corrected chi connectivity index (χ4v) is 4.06. The molecule has 2 aromatic rings. The zero-order valence-electron chi connectivity index (χ0n) is 13.2. The predicted molar refractivity (Wildman–Crippen MR) is 97.3 cm³/mol. The largest absolute Gasteiger partial charge is 0.312 e. The average molecular weight is 322 g/mol. The molecule has 0 aromatic carbocycles. The minimum absolute atomic E-state index is 0.861. The molecule has 21 heavy (non-hydrogen) atoms. The van der Waals surface area contributed by atoms with E-state index >= 15 is 0 Å². The Labute approximate surface area is 137 Å². The van der Waals surface area contributed by atoms with Crippen molar-refractivity contribution in [3.8, 4) is 10.4 Å². The standard InChI is InChI=1S/C18H27NS2/c1-15(2)8-5-3-4-6-10-19-13-17-12-16(14-21-17)18-9-7-11-20-18/h7,9,11-12,14-15,19H,3-6,8,10,13H2,1-2H3. The molecule has 0 aliphatic rings. The van der Waals surface area contributed by atoms with E-state index in [0.29, 0.717) is 0 Å². The predicted octanol–water partition coefficient (Wildman–Crippen LogP) is 6.17. The van der Waals surface area contributed by atoms with Crippen LogP contribution >= 0.6 is 22.7 Å². The summed E-state index contributed by atoms with van der Waals surface area (Å²) in [5, 5.41) is 7.99. The lowest BCUT2D eigenvalue weighted by Crippen LogP contribution is -2.13. The lowest BCUT2D eigenvalue weighted by atomic mass is 10.0. The van der Waals surface area contributed by atoms with Gasteiger partial charge in [0, 0.05) is 21.9 Å². The quantitative estimate of drug-likeness (QED) is 0.516. The number of hydrogen-bond donors (Lipinski definition) is 1. The Morgan fingerprint density at radius 2 is 1.95 bits per heavy atom. The summed E-state index contributed by atoms with van der Waals surface area (Å²) in [6, 6.07) is 6.64. The molecule has 0 fully saturated rings. The maximum absolute atomic E-state index is 3.57. The highest BCUT2D eigenvalue weighted by Crippen LogP contribution is 2.29. The fourth-order valence-electron chi connectivity index (χ4n) is 2.41. The van der Waals surface area contributed by atoms with Crippen molar-refractivity contribution < 1.29 is 0 Å². The Kier molecular flexibility index (Phi) is 7.48. The van der Waals surface area contributed by atoms with Gasteiger partial charge in [0.15, 0.2) is 0 Å². The molecule has 0 unspecified atom stereocenters. The summed E-state index contributed by atoms with van der Waals surface area (Å²) >= 11 is 3.68. The normalized spacial score (nSPS) is 11.4. The van der Waals surface area contributed by atoms with Gasteiger partial charge in [0.2, 0.25) is 0 Å². The van der Waals surface area contributed by atoms with Gasteiger partial charge in [-0.15, -0.1) is 22.7 Å². The SMILES string of the molecule is CC(C)CCCCCCNCc1cc(-c2cccs2)cs1. The third-order valence-corrected chi connectivity index (χ3v) is 5.50. The minimum Gasteiger partial charge on any atom is -0.312 e. The van der Waals surface area contributed by atoms with Gasteiger partial charge in [0.1, 0.15) is 0 Å². The topological polar surface area (TPSA) is 12.0 Å². The van der Waals surface area contributed by atoms with Crippen LogP contribution in [0.4, 0.5) is 0 Å². The molecular weight excluding hydrogens is 294 g/mol. The molecule has 0 saturated carbocycles. The van der Waals surface area contributed by atoms with Crippen LogP contribution in [0.25, 0.3) is 10.4 Å². The fraction of sp³-hybridized carbons (Fsp3) is 0.556. The minimum atomic E-state index is 0.861. The maximum Gasteiger partial charge on any atom is 0.0351 e. The average Bonchev–Trinajstić information content (AvgIpc) is 3.11. The van der Waals surface area contributed by atoms with E-state index in [9.17, 15) is 0 Å². The van der Waals surface area contributed by atoms with Crippen LogP contribution in [-0.2, 0) is 6.54 Å². The van der Waals surface area contributed by atoms with E-state index in [1.54, 1.807) is 0 Å². The van der Waals surface area contributed by atoms with Crippen LogP contribution in [0.5, 0.6) is 0 Å². The molecule has 1 nitrogen and oxygen atoms in total. The highest BCUT2D eigenvalue weighted by atomic mass is 32.1. The van der Waals surface area contributed by atoms with Crippen molar-refractivity contribution in [3.05, 3.63) is 33.8 Å². The van der Waals surface area contributed by atoms with Crippen LogP contribution in [0.2, 0.25) is 0 Å². The maximum atomic E-state index is 3.57. The summed E-state index contributed by atoms with van der Waals surface area (Å²) in [6.45, 7) is 6.79. The van der Waals surface area contributed by atoms with Gasteiger partial charge in [0.05, 0.1) is 0 Å². The molecule has 0 amide bonds. The smallest absolute Gasteiger partial charge is 0.0351 e. The first kappa shape index (κ1) is 16.7. The molecule has 0 bridgehead atoms. The molecule has 0 spiro atoms. The Morgan fingerprint density at radius 3 is 2.71 bits per heavy atom. The lowest BCUT2D eigenvalue weighted by Gasteiger charge is -2.05. The van der Waals surface area contributed by atoms with Crippen molar-refractivity contribution in [1.82, 2.24) is 5.32 Å². The van der Waals surface area contributed by atoms with Crippen LogP contribution in [-0.4, -0.2) is 6.54 Å². The first-order valence-corrected chi connectivity index (χ1v) is 9.83. The van der Waals surface area contributed by atoms with E-state index in [2.05, 4.69) is 48.1 Å². The monoisotopic (exact) mass is 321 g/mol. The van der Waals surface area contributed by atoms with Gasteiger partial charge in [0.25, 0.3) is 0 Å². The van der Waals surface area contributed by atoms with E-state index < -0.39 is 0 Å². The van der Waals surface area contributed by atoms with Gasteiger partial charge in [-0.05, 0) is 41.8 Å². The van der Waals surface area contributed by atoms with Crippen molar-refractivity contribution >= 4 is 22.7 Å². The highest BCUT2D eigenvalue weighted by molar-refractivity contribution is 7.14. The van der Waals surface area contributed by atoms with Crippen LogP contribution in [0.15, 0.2) is 29.0 Å². The molecule has 3 heteroatoms. The summed E-state index contributed by atoms with van der Waals surface area (Å²) in [4.78, 5) is 2.82. The Balaban J connectivity index is 1.55. The van der Waals surface area contributed by atoms with E-state index in [1.165, 1.54) is 47.4 Å². The molecule has 2 rings (SSSR count). The van der Waals surface area contributed by atoms with Crippen LogP contribution in [0, 0.1) is 5.92 Å². The first-order chi connectivity index (χ1) is 10.3. The van der Waals surface area contributed by atoms with E-state index in [1.807, 2.05) is 22.7 Å². The van der Waals surface area contributed by atoms with Gasteiger partial charge in [-0.1, -0.05) is 45.6 Å². The van der Waals surface area contributed by atoms with E-state index in [0.717, 1.165) is 19.0 Å². The van der Waals surface area contributed by atoms with Gasteiger partial charge < -0.3 is 5.32 Å². The van der Waals surface area contributed by atoms with Crippen LogP contribution in [0.1, 0.15) is 50.8 Å². The molecule has 0 saturated heterocycles. The lowest BCUT2D eigenvalue weighted by molar-refractivity contribution is 0.512. The van der Waals surface area contributed by atoms with Crippen molar-refractivity contribution in [1.29, 1.82) is 0 Å². The zero-order chi connectivity index (χ0) is 14.9. The first-order valence-electron chi connectivity index (χ1n) is 8.07. The van der Waals surface area contributed by atoms with Crippen molar-refractivity contribution in [2.45, 2.75) is 52.5 Å². The molecule has 0 atom stereocenters. The van der Waals surface area contributed by atoms with Crippen LogP contribution < -0.4 is 5.32 Å². The number of nitrogens with one attached hydrogen (secondary N) is 1. The third kappa shape index (κ3) is 6.33. The highest BCUT2D eigenvalue weighted by Gasteiger charge is 2.03. The summed E-state index contributed by atoms with van der Waals surface area (Å²) in [5.41, 5.74) is 1.38. The molecule has 0 aliphatic heterocycles. The molecule has 0 radical (unpaired) electrons.